The molecule has 1 atom stereocenters. The topological polar surface area (TPSA) is 3.24 Å². The van der Waals surface area contributed by atoms with E-state index in [1.54, 1.807) is 0 Å². The minimum Gasteiger partial charge on any atom is -0.303 e. The van der Waals surface area contributed by atoms with Crippen LogP contribution < -0.4 is 0 Å². The van der Waals surface area contributed by atoms with Gasteiger partial charge < -0.3 is 4.90 Å². The lowest BCUT2D eigenvalue weighted by Gasteiger charge is -2.30. The van der Waals surface area contributed by atoms with E-state index in [0.29, 0.717) is 0 Å². The molecule has 1 aliphatic heterocycles. The lowest BCUT2D eigenvalue weighted by Crippen LogP contribution is -2.34. The number of hydrogen-bond acceptors (Lipinski definition) is 2. The Morgan fingerprint density at radius 2 is 1.53 bits per heavy atom. The molecule has 0 spiro atoms. The van der Waals surface area contributed by atoms with Crippen molar-refractivity contribution in [3.63, 3.8) is 0 Å². The summed E-state index contributed by atoms with van der Waals surface area (Å²) in [6.45, 7) is 8.55. The van der Waals surface area contributed by atoms with Crippen molar-refractivity contribution in [3.05, 3.63) is 0 Å². The molecule has 1 fully saturated rings. The Kier molecular flexibility index (Phi) is 6.74. The second-order valence-corrected chi connectivity index (χ2v) is 5.62. The molecule has 1 aliphatic rings. The number of hydrogen-bond donors (Lipinski definition) is 1. The Labute approximate surface area is 101 Å². The van der Waals surface area contributed by atoms with Gasteiger partial charge in [0.25, 0.3) is 0 Å². The fourth-order valence-electron chi connectivity index (χ4n) is 2.31. The summed E-state index contributed by atoms with van der Waals surface area (Å²) in [5.74, 6) is 2.58. The van der Waals surface area contributed by atoms with Crippen LogP contribution in [-0.2, 0) is 0 Å². The van der Waals surface area contributed by atoms with Crippen molar-refractivity contribution in [2.45, 2.75) is 46.0 Å². The summed E-state index contributed by atoms with van der Waals surface area (Å²) in [7, 11) is 0. The molecule has 0 aromatic rings. The smallest absolute Gasteiger partial charge is 0.00199 e. The minimum absolute atomic E-state index is 0.771. The highest BCUT2D eigenvalue weighted by Gasteiger charge is 2.16. The zero-order valence-electron chi connectivity index (χ0n) is 10.4. The van der Waals surface area contributed by atoms with Crippen LogP contribution in [-0.4, -0.2) is 30.3 Å². The molecule has 90 valence electrons. The van der Waals surface area contributed by atoms with Gasteiger partial charge in [0, 0.05) is 6.54 Å². The van der Waals surface area contributed by atoms with Gasteiger partial charge in [-0.1, -0.05) is 33.1 Å². The molecule has 0 N–H and O–H groups in total. The molecule has 1 unspecified atom stereocenters. The van der Waals surface area contributed by atoms with E-state index >= 15 is 0 Å². The molecule has 0 bridgehead atoms. The van der Waals surface area contributed by atoms with Gasteiger partial charge in [0.1, 0.15) is 0 Å². The number of likely N-dealkylation sites (tertiary alicyclic amines) is 1. The summed E-state index contributed by atoms with van der Waals surface area (Å²) >= 11 is 4.48. The van der Waals surface area contributed by atoms with E-state index in [0.717, 1.165) is 17.6 Å². The van der Waals surface area contributed by atoms with E-state index in [-0.39, 0.29) is 0 Å². The molecular formula is C13H27NS. The molecule has 0 radical (unpaired) electrons. The fraction of sp³-hybridized carbons (Fsp3) is 1.00. The maximum Gasteiger partial charge on any atom is 0.00199 e. The SMILES string of the molecule is CC(C)C(CS)CN1CCCCCCC1. The van der Waals surface area contributed by atoms with E-state index in [9.17, 15) is 0 Å². The van der Waals surface area contributed by atoms with E-state index < -0.39 is 0 Å². The third-order valence-corrected chi connectivity index (χ3v) is 4.09. The fourth-order valence-corrected chi connectivity index (χ4v) is 2.84. The van der Waals surface area contributed by atoms with E-state index in [2.05, 4.69) is 31.4 Å². The second-order valence-electron chi connectivity index (χ2n) is 5.26. The molecule has 0 amide bonds. The molecular weight excluding hydrogens is 202 g/mol. The summed E-state index contributed by atoms with van der Waals surface area (Å²) < 4.78 is 0. The van der Waals surface area contributed by atoms with Gasteiger partial charge in [0.2, 0.25) is 0 Å². The Hall–Kier alpha value is 0.310. The third kappa shape index (κ3) is 5.26. The Morgan fingerprint density at radius 1 is 1.00 bits per heavy atom. The standard InChI is InChI=1S/C13H27NS/c1-12(2)13(11-15)10-14-8-6-4-3-5-7-9-14/h12-13,15H,3-11H2,1-2H3. The van der Waals surface area contributed by atoms with Crippen molar-refractivity contribution < 1.29 is 0 Å². The van der Waals surface area contributed by atoms with Crippen molar-refractivity contribution in [2.75, 3.05) is 25.4 Å². The lowest BCUT2D eigenvalue weighted by molar-refractivity contribution is 0.198. The predicted octanol–water partition coefficient (Wildman–Crippen LogP) is 3.45. The molecule has 1 nitrogen and oxygen atoms in total. The highest BCUT2D eigenvalue weighted by Crippen LogP contribution is 2.17. The van der Waals surface area contributed by atoms with Crippen LogP contribution in [0.3, 0.4) is 0 Å². The molecule has 1 heterocycles. The van der Waals surface area contributed by atoms with Crippen LogP contribution in [0.4, 0.5) is 0 Å². The van der Waals surface area contributed by atoms with Gasteiger partial charge in [-0.2, -0.15) is 12.6 Å². The summed E-state index contributed by atoms with van der Waals surface area (Å²) in [5.41, 5.74) is 0. The average Bonchev–Trinajstić information content (AvgIpc) is 2.15. The van der Waals surface area contributed by atoms with Crippen molar-refractivity contribution in [3.8, 4) is 0 Å². The maximum atomic E-state index is 4.48. The first-order chi connectivity index (χ1) is 7.24. The van der Waals surface area contributed by atoms with Crippen molar-refractivity contribution in [1.29, 1.82) is 0 Å². The van der Waals surface area contributed by atoms with Crippen LogP contribution in [0, 0.1) is 11.8 Å². The molecule has 1 rings (SSSR count). The molecule has 0 aromatic carbocycles. The molecule has 15 heavy (non-hydrogen) atoms. The monoisotopic (exact) mass is 229 g/mol. The Balaban J connectivity index is 2.32. The predicted molar refractivity (Wildman–Crippen MR) is 71.7 cm³/mol. The van der Waals surface area contributed by atoms with Gasteiger partial charge in [0.15, 0.2) is 0 Å². The van der Waals surface area contributed by atoms with Crippen molar-refractivity contribution in [2.24, 2.45) is 11.8 Å². The average molecular weight is 229 g/mol. The quantitative estimate of drug-likeness (QED) is 0.723. The number of thiol groups is 1. The number of nitrogens with zero attached hydrogens (tertiary/aromatic N) is 1. The van der Waals surface area contributed by atoms with Crippen molar-refractivity contribution in [1.82, 2.24) is 4.90 Å². The van der Waals surface area contributed by atoms with Crippen LogP contribution in [0.2, 0.25) is 0 Å². The van der Waals surface area contributed by atoms with Crippen LogP contribution in [0.25, 0.3) is 0 Å². The zero-order chi connectivity index (χ0) is 11.1. The van der Waals surface area contributed by atoms with E-state index in [1.807, 2.05) is 0 Å². The first-order valence-electron chi connectivity index (χ1n) is 6.57. The summed E-state index contributed by atoms with van der Waals surface area (Å²) in [4.78, 5) is 2.67. The lowest BCUT2D eigenvalue weighted by atomic mass is 9.96. The van der Waals surface area contributed by atoms with Crippen molar-refractivity contribution >= 4 is 12.6 Å². The van der Waals surface area contributed by atoms with Gasteiger partial charge in [-0.3, -0.25) is 0 Å². The van der Waals surface area contributed by atoms with Gasteiger partial charge in [-0.25, -0.2) is 0 Å². The third-order valence-electron chi connectivity index (χ3n) is 3.62. The summed E-state index contributed by atoms with van der Waals surface area (Å²) in [5, 5.41) is 0. The summed E-state index contributed by atoms with van der Waals surface area (Å²) in [6.07, 6.45) is 7.12. The van der Waals surface area contributed by atoms with Crippen LogP contribution >= 0.6 is 12.6 Å². The Morgan fingerprint density at radius 3 is 2.00 bits per heavy atom. The zero-order valence-corrected chi connectivity index (χ0v) is 11.3. The van der Waals surface area contributed by atoms with Crippen LogP contribution in [0.5, 0.6) is 0 Å². The molecule has 0 aromatic heterocycles. The number of rotatable bonds is 4. The Bertz CT molecular complexity index is 151. The van der Waals surface area contributed by atoms with Gasteiger partial charge in [0.05, 0.1) is 0 Å². The summed E-state index contributed by atoms with van der Waals surface area (Å²) in [6, 6.07) is 0. The highest BCUT2D eigenvalue weighted by molar-refractivity contribution is 7.80. The first-order valence-corrected chi connectivity index (χ1v) is 7.20. The largest absolute Gasteiger partial charge is 0.303 e. The van der Waals surface area contributed by atoms with Gasteiger partial charge >= 0.3 is 0 Å². The second kappa shape index (κ2) is 7.56. The van der Waals surface area contributed by atoms with E-state index in [4.69, 9.17) is 0 Å². The highest BCUT2D eigenvalue weighted by atomic mass is 32.1. The minimum atomic E-state index is 0.771. The first kappa shape index (κ1) is 13.4. The molecule has 0 aliphatic carbocycles. The molecule has 1 saturated heterocycles. The van der Waals surface area contributed by atoms with Crippen LogP contribution in [0.15, 0.2) is 0 Å². The van der Waals surface area contributed by atoms with Gasteiger partial charge in [-0.05, 0) is 43.5 Å². The van der Waals surface area contributed by atoms with Gasteiger partial charge in [-0.15, -0.1) is 0 Å². The van der Waals surface area contributed by atoms with E-state index in [1.165, 1.54) is 51.7 Å². The molecule has 2 heteroatoms. The molecule has 0 saturated carbocycles. The normalized spacial score (nSPS) is 22.4. The maximum absolute atomic E-state index is 4.48. The van der Waals surface area contributed by atoms with Crippen LogP contribution in [0.1, 0.15) is 46.0 Å².